The lowest BCUT2D eigenvalue weighted by molar-refractivity contribution is -0.256. The van der Waals surface area contributed by atoms with Crippen LogP contribution in [-0.4, -0.2) is 41.2 Å². The Morgan fingerprint density at radius 1 is 1.38 bits per heavy atom. The summed E-state index contributed by atoms with van der Waals surface area (Å²) in [7, 11) is 0. The molecular formula is C11H11F3N4O3. The summed E-state index contributed by atoms with van der Waals surface area (Å²) in [6.45, 7) is -0.202. The molecule has 3 N–H and O–H groups in total. The van der Waals surface area contributed by atoms with Gasteiger partial charge in [-0.15, -0.1) is 5.06 Å². The highest BCUT2D eigenvalue weighted by Crippen LogP contribution is 2.22. The van der Waals surface area contributed by atoms with Crippen molar-refractivity contribution in [3.63, 3.8) is 0 Å². The number of hydroxylamine groups is 2. The Hall–Kier alpha value is -2.36. The summed E-state index contributed by atoms with van der Waals surface area (Å²) in [6.07, 6.45) is -3.70. The highest BCUT2D eigenvalue weighted by molar-refractivity contribution is 5.93. The number of amides is 1. The van der Waals surface area contributed by atoms with Crippen LogP contribution in [0.3, 0.4) is 0 Å². The molecule has 1 amide bonds. The minimum absolute atomic E-state index is 0.101. The van der Waals surface area contributed by atoms with Crippen molar-refractivity contribution in [2.24, 2.45) is 5.92 Å². The maximum atomic E-state index is 11.9. The van der Waals surface area contributed by atoms with Crippen LogP contribution in [0.2, 0.25) is 0 Å². The van der Waals surface area contributed by atoms with Gasteiger partial charge in [-0.2, -0.15) is 13.2 Å². The van der Waals surface area contributed by atoms with Crippen LogP contribution in [-0.2, 0) is 14.4 Å². The molecule has 2 heterocycles. The standard InChI is InChI=1S/C11H11F3N4O3/c12-11(13,14)10(20)21-18-4-6(5-18)9(19)17-7-1-2-8(15)16-3-7/h1-3,6H,4-5H2,(H2,15,16)(H,17,19). The number of carbonyl (C=O) groups excluding carboxylic acids is 2. The van der Waals surface area contributed by atoms with Crippen LogP contribution in [0.1, 0.15) is 0 Å². The maximum Gasteiger partial charge on any atom is 0.492 e. The first-order chi connectivity index (χ1) is 9.75. The molecule has 1 aliphatic heterocycles. The monoisotopic (exact) mass is 304 g/mol. The van der Waals surface area contributed by atoms with Gasteiger partial charge in [-0.25, -0.2) is 9.78 Å². The zero-order valence-corrected chi connectivity index (χ0v) is 10.6. The molecule has 0 aromatic carbocycles. The Kier molecular flexibility index (Phi) is 3.98. The molecule has 1 fully saturated rings. The Labute approximate surface area is 116 Å². The molecule has 0 unspecified atom stereocenters. The molecule has 0 aliphatic carbocycles. The molecule has 0 atom stereocenters. The molecule has 21 heavy (non-hydrogen) atoms. The summed E-state index contributed by atoms with van der Waals surface area (Å²) in [5.41, 5.74) is 5.80. The van der Waals surface area contributed by atoms with E-state index >= 15 is 0 Å². The molecule has 0 bridgehead atoms. The maximum absolute atomic E-state index is 11.9. The number of nitrogens with two attached hydrogens (primary N) is 1. The molecule has 0 saturated carbocycles. The molecule has 1 aromatic rings. The topological polar surface area (TPSA) is 97.5 Å². The summed E-state index contributed by atoms with van der Waals surface area (Å²) in [5, 5.41) is 3.31. The fraction of sp³-hybridized carbons (Fsp3) is 0.364. The number of aromatic nitrogens is 1. The number of nitrogens with one attached hydrogen (secondary N) is 1. The Bertz CT molecular complexity index is 541. The minimum atomic E-state index is -5.05. The third-order valence-electron chi connectivity index (χ3n) is 2.72. The van der Waals surface area contributed by atoms with Gasteiger partial charge in [0.05, 0.1) is 17.8 Å². The summed E-state index contributed by atoms with van der Waals surface area (Å²) in [4.78, 5) is 30.1. The lowest BCUT2D eigenvalue weighted by Crippen LogP contribution is -2.53. The first-order valence-electron chi connectivity index (χ1n) is 5.82. The van der Waals surface area contributed by atoms with Crippen LogP contribution >= 0.6 is 0 Å². The third-order valence-corrected chi connectivity index (χ3v) is 2.72. The predicted molar refractivity (Wildman–Crippen MR) is 64.5 cm³/mol. The second kappa shape index (κ2) is 5.56. The Balaban J connectivity index is 1.78. The second-order valence-corrected chi connectivity index (χ2v) is 4.38. The highest BCUT2D eigenvalue weighted by Gasteiger charge is 2.45. The summed E-state index contributed by atoms with van der Waals surface area (Å²) >= 11 is 0. The fourth-order valence-corrected chi connectivity index (χ4v) is 1.57. The number of carbonyl (C=O) groups is 2. The van der Waals surface area contributed by atoms with Gasteiger partial charge < -0.3 is 15.9 Å². The van der Waals surface area contributed by atoms with Gasteiger partial charge in [0, 0.05) is 13.1 Å². The van der Waals surface area contributed by atoms with Gasteiger partial charge in [-0.1, -0.05) is 0 Å². The van der Waals surface area contributed by atoms with Gasteiger partial charge in [0.1, 0.15) is 5.82 Å². The summed E-state index contributed by atoms with van der Waals surface area (Å²) in [6, 6.07) is 3.04. The predicted octanol–water partition coefficient (Wildman–Crippen LogP) is 0.555. The van der Waals surface area contributed by atoms with Crippen molar-refractivity contribution in [2.45, 2.75) is 6.18 Å². The zero-order valence-electron chi connectivity index (χ0n) is 10.6. The third kappa shape index (κ3) is 3.81. The molecule has 2 rings (SSSR count). The van der Waals surface area contributed by atoms with E-state index in [1.165, 1.54) is 12.3 Å². The number of hydrogen-bond acceptors (Lipinski definition) is 6. The minimum Gasteiger partial charge on any atom is -0.384 e. The van der Waals surface area contributed by atoms with E-state index in [9.17, 15) is 22.8 Å². The van der Waals surface area contributed by atoms with E-state index in [2.05, 4.69) is 15.1 Å². The zero-order chi connectivity index (χ0) is 15.6. The van der Waals surface area contributed by atoms with Gasteiger partial charge in [0.25, 0.3) is 0 Å². The lowest BCUT2D eigenvalue weighted by Gasteiger charge is -2.35. The highest BCUT2D eigenvalue weighted by atomic mass is 19.4. The van der Waals surface area contributed by atoms with E-state index in [1.54, 1.807) is 6.07 Å². The van der Waals surface area contributed by atoms with Crippen molar-refractivity contribution in [3.8, 4) is 0 Å². The number of rotatable bonds is 3. The van der Waals surface area contributed by atoms with Crippen LogP contribution in [0, 0.1) is 5.92 Å². The van der Waals surface area contributed by atoms with E-state index in [1.807, 2.05) is 0 Å². The Morgan fingerprint density at radius 3 is 2.57 bits per heavy atom. The summed E-state index contributed by atoms with van der Waals surface area (Å²) < 4.78 is 35.8. The number of anilines is 2. The molecule has 1 aliphatic rings. The SMILES string of the molecule is Nc1ccc(NC(=O)C2CN(OC(=O)C(F)(F)F)C2)cn1. The van der Waals surface area contributed by atoms with Crippen molar-refractivity contribution < 1.29 is 27.6 Å². The number of alkyl halides is 3. The van der Waals surface area contributed by atoms with Crippen LogP contribution in [0.15, 0.2) is 18.3 Å². The van der Waals surface area contributed by atoms with Crippen LogP contribution < -0.4 is 11.1 Å². The number of pyridine rings is 1. The Morgan fingerprint density at radius 2 is 2.05 bits per heavy atom. The lowest BCUT2D eigenvalue weighted by atomic mass is 10.0. The average Bonchev–Trinajstić information content (AvgIpc) is 2.34. The van der Waals surface area contributed by atoms with Gasteiger partial charge in [0.15, 0.2) is 0 Å². The fourth-order valence-electron chi connectivity index (χ4n) is 1.57. The smallest absolute Gasteiger partial charge is 0.384 e. The molecule has 1 aromatic heterocycles. The van der Waals surface area contributed by atoms with E-state index < -0.39 is 24.0 Å². The van der Waals surface area contributed by atoms with Gasteiger partial charge in [0.2, 0.25) is 5.91 Å². The van der Waals surface area contributed by atoms with E-state index in [0.717, 1.165) is 5.06 Å². The number of nitrogen functional groups attached to an aromatic ring is 1. The van der Waals surface area contributed by atoms with Crippen molar-refractivity contribution >= 4 is 23.4 Å². The molecule has 1 saturated heterocycles. The first-order valence-corrected chi connectivity index (χ1v) is 5.82. The number of halogens is 3. The van der Waals surface area contributed by atoms with Crippen molar-refractivity contribution in [1.82, 2.24) is 10.0 Å². The van der Waals surface area contributed by atoms with Crippen molar-refractivity contribution in [2.75, 3.05) is 24.1 Å². The second-order valence-electron chi connectivity index (χ2n) is 4.38. The van der Waals surface area contributed by atoms with Gasteiger partial charge in [-0.05, 0) is 12.1 Å². The molecule has 7 nitrogen and oxygen atoms in total. The molecular weight excluding hydrogens is 293 g/mol. The molecule has 0 radical (unpaired) electrons. The van der Waals surface area contributed by atoms with Crippen LogP contribution in [0.5, 0.6) is 0 Å². The van der Waals surface area contributed by atoms with E-state index in [4.69, 9.17) is 5.73 Å². The summed E-state index contributed by atoms with van der Waals surface area (Å²) in [5.74, 6) is -2.98. The van der Waals surface area contributed by atoms with Crippen molar-refractivity contribution in [1.29, 1.82) is 0 Å². The van der Waals surface area contributed by atoms with Crippen molar-refractivity contribution in [3.05, 3.63) is 18.3 Å². The normalized spacial score (nSPS) is 16.1. The van der Waals surface area contributed by atoms with Crippen LogP contribution in [0.25, 0.3) is 0 Å². The average molecular weight is 304 g/mol. The van der Waals surface area contributed by atoms with Gasteiger partial charge in [-0.3, -0.25) is 4.79 Å². The first kappa shape index (κ1) is 15.0. The number of hydrogen-bond donors (Lipinski definition) is 2. The van der Waals surface area contributed by atoms with Crippen LogP contribution in [0.4, 0.5) is 24.7 Å². The number of nitrogens with zero attached hydrogens (tertiary/aromatic N) is 2. The molecule has 0 spiro atoms. The molecule has 114 valence electrons. The molecule has 10 heteroatoms. The quantitative estimate of drug-likeness (QED) is 0.846. The van der Waals surface area contributed by atoms with E-state index in [0.29, 0.717) is 11.5 Å². The largest absolute Gasteiger partial charge is 0.492 e. The van der Waals surface area contributed by atoms with Gasteiger partial charge >= 0.3 is 12.1 Å². The van der Waals surface area contributed by atoms with E-state index in [-0.39, 0.29) is 13.1 Å².